The van der Waals surface area contributed by atoms with Crippen molar-refractivity contribution in [1.82, 2.24) is 10.2 Å². The molecule has 0 radical (unpaired) electrons. The zero-order chi connectivity index (χ0) is 12.8. The second kappa shape index (κ2) is 6.47. The highest BCUT2D eigenvalue weighted by atomic mass is 16.5. The van der Waals surface area contributed by atoms with Crippen molar-refractivity contribution < 1.29 is 9.84 Å². The van der Waals surface area contributed by atoms with E-state index < -0.39 is 0 Å². The minimum atomic E-state index is 0.187. The van der Waals surface area contributed by atoms with Crippen molar-refractivity contribution in [2.24, 2.45) is 0 Å². The number of benzene rings is 1. The van der Waals surface area contributed by atoms with E-state index in [0.29, 0.717) is 11.8 Å². The molecule has 0 amide bonds. The molecule has 0 fully saturated rings. The van der Waals surface area contributed by atoms with Gasteiger partial charge in [-0.15, -0.1) is 0 Å². The third-order valence-corrected chi connectivity index (χ3v) is 2.89. The van der Waals surface area contributed by atoms with Gasteiger partial charge in [-0.3, -0.25) is 0 Å². The Morgan fingerprint density at radius 3 is 2.65 bits per heavy atom. The molecule has 0 aliphatic heterocycles. The first-order chi connectivity index (χ1) is 8.04. The van der Waals surface area contributed by atoms with E-state index in [4.69, 9.17) is 4.74 Å². The van der Waals surface area contributed by atoms with Crippen LogP contribution >= 0.6 is 0 Å². The summed E-state index contributed by atoms with van der Waals surface area (Å²) >= 11 is 0. The number of aromatic hydroxyl groups is 1. The SMILES string of the molecule is COc1ccc(CNCC(C)N(C)C)cc1O. The largest absolute Gasteiger partial charge is 0.504 e. The second-order valence-corrected chi connectivity index (χ2v) is 4.45. The monoisotopic (exact) mass is 238 g/mol. The summed E-state index contributed by atoms with van der Waals surface area (Å²) < 4.78 is 5.00. The van der Waals surface area contributed by atoms with Gasteiger partial charge >= 0.3 is 0 Å². The summed E-state index contributed by atoms with van der Waals surface area (Å²) in [6.45, 7) is 3.83. The van der Waals surface area contributed by atoms with Gasteiger partial charge in [0.2, 0.25) is 0 Å². The fourth-order valence-corrected chi connectivity index (χ4v) is 1.45. The van der Waals surface area contributed by atoms with Crippen LogP contribution in [-0.2, 0) is 6.54 Å². The van der Waals surface area contributed by atoms with Crippen LogP contribution in [0.5, 0.6) is 11.5 Å². The molecule has 0 aliphatic carbocycles. The normalized spacial score (nSPS) is 12.8. The van der Waals surface area contributed by atoms with Crippen LogP contribution < -0.4 is 10.1 Å². The van der Waals surface area contributed by atoms with Crippen LogP contribution in [0.2, 0.25) is 0 Å². The van der Waals surface area contributed by atoms with Crippen molar-refractivity contribution in [3.63, 3.8) is 0 Å². The van der Waals surface area contributed by atoms with Gasteiger partial charge in [-0.2, -0.15) is 0 Å². The molecule has 0 saturated carbocycles. The highest BCUT2D eigenvalue weighted by Gasteiger charge is 2.05. The summed E-state index contributed by atoms with van der Waals surface area (Å²) in [5, 5.41) is 13.0. The first-order valence-electron chi connectivity index (χ1n) is 5.77. The molecule has 1 atom stereocenters. The number of hydrogen-bond donors (Lipinski definition) is 2. The molecule has 0 aliphatic rings. The first kappa shape index (κ1) is 13.8. The van der Waals surface area contributed by atoms with E-state index in [-0.39, 0.29) is 5.75 Å². The Labute approximate surface area is 103 Å². The summed E-state index contributed by atoms with van der Waals surface area (Å²) in [5.74, 6) is 0.697. The molecule has 4 nitrogen and oxygen atoms in total. The van der Waals surface area contributed by atoms with Gasteiger partial charge in [-0.05, 0) is 38.7 Å². The van der Waals surface area contributed by atoms with E-state index in [1.165, 1.54) is 0 Å². The van der Waals surface area contributed by atoms with Gasteiger partial charge in [0.25, 0.3) is 0 Å². The Morgan fingerprint density at radius 2 is 2.12 bits per heavy atom. The van der Waals surface area contributed by atoms with Crippen LogP contribution in [0.1, 0.15) is 12.5 Å². The molecule has 0 heterocycles. The molecular formula is C13H22N2O2. The number of rotatable bonds is 6. The fraction of sp³-hybridized carbons (Fsp3) is 0.538. The third kappa shape index (κ3) is 4.24. The lowest BCUT2D eigenvalue weighted by Crippen LogP contribution is -2.35. The lowest BCUT2D eigenvalue weighted by atomic mass is 10.2. The van der Waals surface area contributed by atoms with Crippen LogP contribution in [0.4, 0.5) is 0 Å². The maximum atomic E-state index is 9.63. The lowest BCUT2D eigenvalue weighted by Gasteiger charge is -2.20. The molecule has 0 spiro atoms. The zero-order valence-electron chi connectivity index (χ0n) is 11.0. The average molecular weight is 238 g/mol. The van der Waals surface area contributed by atoms with Crippen molar-refractivity contribution in [3.8, 4) is 11.5 Å². The van der Waals surface area contributed by atoms with Gasteiger partial charge in [0, 0.05) is 19.1 Å². The molecule has 0 saturated heterocycles. The van der Waals surface area contributed by atoms with E-state index in [1.54, 1.807) is 19.2 Å². The molecule has 1 rings (SSSR count). The van der Waals surface area contributed by atoms with Crippen LogP contribution in [-0.4, -0.2) is 43.8 Å². The van der Waals surface area contributed by atoms with Crippen LogP contribution in [0.3, 0.4) is 0 Å². The number of hydrogen-bond acceptors (Lipinski definition) is 4. The number of phenolic OH excluding ortho intramolecular Hbond substituents is 1. The van der Waals surface area contributed by atoms with Crippen molar-refractivity contribution in [2.45, 2.75) is 19.5 Å². The van der Waals surface area contributed by atoms with Gasteiger partial charge in [-0.25, -0.2) is 0 Å². The van der Waals surface area contributed by atoms with Crippen molar-refractivity contribution >= 4 is 0 Å². The summed E-state index contributed by atoms with van der Waals surface area (Å²) in [6, 6.07) is 5.95. The molecule has 17 heavy (non-hydrogen) atoms. The van der Waals surface area contributed by atoms with Crippen LogP contribution in [0, 0.1) is 0 Å². The number of ether oxygens (including phenoxy) is 1. The number of nitrogens with one attached hydrogen (secondary N) is 1. The maximum absolute atomic E-state index is 9.63. The average Bonchev–Trinajstić information content (AvgIpc) is 2.29. The van der Waals surface area contributed by atoms with Gasteiger partial charge in [-0.1, -0.05) is 6.07 Å². The number of methoxy groups -OCH3 is 1. The number of nitrogens with zero attached hydrogens (tertiary/aromatic N) is 1. The number of likely N-dealkylation sites (N-methyl/N-ethyl adjacent to an activating group) is 1. The Morgan fingerprint density at radius 1 is 1.41 bits per heavy atom. The van der Waals surface area contributed by atoms with Crippen molar-refractivity contribution in [1.29, 1.82) is 0 Å². The molecular weight excluding hydrogens is 216 g/mol. The van der Waals surface area contributed by atoms with Crippen molar-refractivity contribution in [2.75, 3.05) is 27.7 Å². The predicted octanol–water partition coefficient (Wildman–Crippen LogP) is 1.44. The molecule has 96 valence electrons. The highest BCUT2D eigenvalue weighted by molar-refractivity contribution is 5.41. The van der Waals surface area contributed by atoms with Gasteiger partial charge in [0.1, 0.15) is 0 Å². The molecule has 0 aromatic heterocycles. The van der Waals surface area contributed by atoms with E-state index in [0.717, 1.165) is 18.7 Å². The van der Waals surface area contributed by atoms with E-state index >= 15 is 0 Å². The maximum Gasteiger partial charge on any atom is 0.160 e. The standard InChI is InChI=1S/C13H22N2O2/c1-10(15(2)3)8-14-9-11-5-6-13(17-4)12(16)7-11/h5-7,10,14,16H,8-9H2,1-4H3. The Hall–Kier alpha value is -1.26. The molecule has 1 aromatic rings. The number of phenols is 1. The van der Waals surface area contributed by atoms with Crippen LogP contribution in [0.15, 0.2) is 18.2 Å². The van der Waals surface area contributed by atoms with Crippen molar-refractivity contribution in [3.05, 3.63) is 23.8 Å². The van der Waals surface area contributed by atoms with Gasteiger partial charge < -0.3 is 20.1 Å². The molecule has 2 N–H and O–H groups in total. The van der Waals surface area contributed by atoms with Gasteiger partial charge in [0.15, 0.2) is 11.5 Å². The Bertz CT molecular complexity index is 353. The highest BCUT2D eigenvalue weighted by Crippen LogP contribution is 2.25. The van der Waals surface area contributed by atoms with Gasteiger partial charge in [0.05, 0.1) is 7.11 Å². The molecule has 1 unspecified atom stereocenters. The Balaban J connectivity index is 2.45. The molecule has 0 bridgehead atoms. The lowest BCUT2D eigenvalue weighted by molar-refractivity contribution is 0.302. The van der Waals surface area contributed by atoms with Crippen LogP contribution in [0.25, 0.3) is 0 Å². The van der Waals surface area contributed by atoms with E-state index in [2.05, 4.69) is 31.2 Å². The third-order valence-electron chi connectivity index (χ3n) is 2.89. The predicted molar refractivity (Wildman–Crippen MR) is 69.5 cm³/mol. The Kier molecular flexibility index (Phi) is 5.25. The summed E-state index contributed by atoms with van der Waals surface area (Å²) in [6.07, 6.45) is 0. The summed E-state index contributed by atoms with van der Waals surface area (Å²) in [7, 11) is 5.67. The first-order valence-corrected chi connectivity index (χ1v) is 5.77. The minimum absolute atomic E-state index is 0.187. The molecule has 1 aromatic carbocycles. The quantitative estimate of drug-likeness (QED) is 0.787. The van der Waals surface area contributed by atoms with E-state index in [9.17, 15) is 5.11 Å². The topological polar surface area (TPSA) is 44.7 Å². The molecule has 4 heteroatoms. The smallest absolute Gasteiger partial charge is 0.160 e. The van der Waals surface area contributed by atoms with E-state index in [1.807, 2.05) is 6.07 Å². The second-order valence-electron chi connectivity index (χ2n) is 4.45. The fourth-order valence-electron chi connectivity index (χ4n) is 1.45. The zero-order valence-corrected chi connectivity index (χ0v) is 11.0. The summed E-state index contributed by atoms with van der Waals surface area (Å²) in [4.78, 5) is 2.17. The minimum Gasteiger partial charge on any atom is -0.504 e. The summed E-state index contributed by atoms with van der Waals surface area (Å²) in [5.41, 5.74) is 1.05.